The number of rotatable bonds is 7. The van der Waals surface area contributed by atoms with Crippen molar-refractivity contribution in [3.63, 3.8) is 0 Å². The average molecular weight is 548 g/mol. The molecular weight excluding hydrogens is 522 g/mol. The van der Waals surface area contributed by atoms with Crippen LogP contribution >= 0.6 is 11.6 Å². The monoisotopic (exact) mass is 547 g/mol. The normalized spacial score (nSPS) is 13.9. The zero-order valence-corrected chi connectivity index (χ0v) is 22.0. The van der Waals surface area contributed by atoms with Gasteiger partial charge >= 0.3 is 5.97 Å². The number of nitro groups is 1. The molecule has 0 radical (unpaired) electrons. The average Bonchev–Trinajstić information content (AvgIpc) is 2.94. The van der Waals surface area contributed by atoms with E-state index in [0.29, 0.717) is 34.2 Å². The van der Waals surface area contributed by atoms with E-state index in [2.05, 4.69) is 9.80 Å². The summed E-state index contributed by atoms with van der Waals surface area (Å²) in [6.07, 6.45) is 0. The van der Waals surface area contributed by atoms with Crippen molar-refractivity contribution in [2.75, 3.05) is 37.7 Å². The topological polar surface area (TPSA) is 111 Å². The van der Waals surface area contributed by atoms with Gasteiger partial charge in [0.05, 0.1) is 40.2 Å². The smallest absolute Gasteiger partial charge is 0.338 e. The van der Waals surface area contributed by atoms with Gasteiger partial charge in [-0.2, -0.15) is 0 Å². The summed E-state index contributed by atoms with van der Waals surface area (Å²) in [5.41, 5.74) is 1.71. The molecule has 10 nitrogen and oxygen atoms in total. The third-order valence-electron chi connectivity index (χ3n) is 6.68. The molecule has 5 rings (SSSR count). The van der Waals surface area contributed by atoms with E-state index in [9.17, 15) is 19.7 Å². The Labute approximate surface area is 229 Å². The van der Waals surface area contributed by atoms with Crippen molar-refractivity contribution in [1.82, 2.24) is 14.5 Å². The number of nitrogens with zero attached hydrogens (tertiary/aromatic N) is 5. The first-order valence-corrected chi connectivity index (χ1v) is 12.9. The molecular formula is C28H26ClN5O5. The van der Waals surface area contributed by atoms with E-state index in [-0.39, 0.29) is 17.7 Å². The maximum Gasteiger partial charge on any atom is 0.338 e. The fourth-order valence-corrected chi connectivity index (χ4v) is 4.89. The number of fused-ring (bicyclic) bond motifs is 1. The van der Waals surface area contributed by atoms with Gasteiger partial charge in [-0.3, -0.25) is 24.4 Å². The van der Waals surface area contributed by atoms with Crippen molar-refractivity contribution in [3.8, 4) is 5.69 Å². The van der Waals surface area contributed by atoms with Gasteiger partial charge in [-0.25, -0.2) is 9.78 Å². The second kappa shape index (κ2) is 11.2. The molecule has 1 fully saturated rings. The van der Waals surface area contributed by atoms with Crippen molar-refractivity contribution in [2.45, 2.75) is 13.5 Å². The van der Waals surface area contributed by atoms with Crippen LogP contribution in [0.4, 0.5) is 11.4 Å². The zero-order chi connectivity index (χ0) is 27.5. The molecule has 200 valence electrons. The molecule has 2 heterocycles. The fourth-order valence-electron chi connectivity index (χ4n) is 4.70. The lowest BCUT2D eigenvalue weighted by Gasteiger charge is -2.36. The quantitative estimate of drug-likeness (QED) is 0.190. The van der Waals surface area contributed by atoms with E-state index in [1.54, 1.807) is 31.2 Å². The highest BCUT2D eigenvalue weighted by Crippen LogP contribution is 2.23. The summed E-state index contributed by atoms with van der Waals surface area (Å²) < 4.78 is 6.52. The number of hydrogen-bond acceptors (Lipinski definition) is 8. The molecule has 0 spiro atoms. The number of carbonyl (C=O) groups excluding carboxylic acids is 1. The van der Waals surface area contributed by atoms with Crippen LogP contribution in [0.2, 0.25) is 5.02 Å². The van der Waals surface area contributed by atoms with E-state index >= 15 is 0 Å². The summed E-state index contributed by atoms with van der Waals surface area (Å²) >= 11 is 6.17. The van der Waals surface area contributed by atoms with Crippen LogP contribution in [0.25, 0.3) is 16.6 Å². The van der Waals surface area contributed by atoms with Gasteiger partial charge in [-0.1, -0.05) is 17.7 Å². The second-order valence-corrected chi connectivity index (χ2v) is 9.57. The maximum atomic E-state index is 13.7. The minimum absolute atomic E-state index is 0.146. The van der Waals surface area contributed by atoms with E-state index in [1.807, 2.05) is 24.3 Å². The molecule has 1 aromatic heterocycles. The lowest BCUT2D eigenvalue weighted by molar-refractivity contribution is -0.384. The zero-order valence-electron chi connectivity index (χ0n) is 21.2. The van der Waals surface area contributed by atoms with Crippen LogP contribution in [0.5, 0.6) is 0 Å². The highest BCUT2D eigenvalue weighted by Gasteiger charge is 2.22. The molecule has 1 aliphatic rings. The predicted molar refractivity (Wildman–Crippen MR) is 149 cm³/mol. The van der Waals surface area contributed by atoms with E-state index in [1.165, 1.54) is 22.8 Å². The highest BCUT2D eigenvalue weighted by atomic mass is 35.5. The number of ether oxygens (including phenoxy) is 1. The van der Waals surface area contributed by atoms with Crippen molar-refractivity contribution >= 4 is 39.8 Å². The van der Waals surface area contributed by atoms with Gasteiger partial charge < -0.3 is 9.64 Å². The number of non-ortho nitro benzene ring substituents is 1. The van der Waals surface area contributed by atoms with Gasteiger partial charge in [0.15, 0.2) is 0 Å². The Morgan fingerprint density at radius 1 is 1.03 bits per heavy atom. The molecule has 11 heteroatoms. The molecule has 3 aromatic carbocycles. The lowest BCUT2D eigenvalue weighted by Crippen LogP contribution is -2.46. The Morgan fingerprint density at radius 3 is 2.44 bits per heavy atom. The molecule has 0 N–H and O–H groups in total. The maximum absolute atomic E-state index is 13.7. The summed E-state index contributed by atoms with van der Waals surface area (Å²) in [6, 6.07) is 18.3. The lowest BCUT2D eigenvalue weighted by atomic mass is 10.1. The number of piperazine rings is 1. The second-order valence-electron chi connectivity index (χ2n) is 9.14. The van der Waals surface area contributed by atoms with Gasteiger partial charge in [0, 0.05) is 49.0 Å². The summed E-state index contributed by atoms with van der Waals surface area (Å²) in [6.45, 7) is 5.41. The molecule has 1 saturated heterocycles. The molecule has 1 aliphatic heterocycles. The molecule has 0 saturated carbocycles. The third-order valence-corrected chi connectivity index (χ3v) is 6.91. The summed E-state index contributed by atoms with van der Waals surface area (Å²) in [5, 5.41) is 12.2. The Kier molecular flexibility index (Phi) is 7.58. The number of hydrogen-bond donors (Lipinski definition) is 0. The van der Waals surface area contributed by atoms with Crippen LogP contribution in [-0.4, -0.2) is 58.1 Å². The number of carbonyl (C=O) groups is 1. The largest absolute Gasteiger partial charge is 0.462 e. The summed E-state index contributed by atoms with van der Waals surface area (Å²) in [4.78, 5) is 45.9. The highest BCUT2D eigenvalue weighted by molar-refractivity contribution is 6.30. The SMILES string of the molecule is CCOC(=O)c1ccc(-n2c(CN3CCN(c4cccc(Cl)c4)CC3)nc3ccc([N+](=O)[O-])cc3c2=O)cc1. The van der Waals surface area contributed by atoms with Crippen LogP contribution in [0.15, 0.2) is 71.5 Å². The molecule has 0 atom stereocenters. The standard InChI is InChI=1S/C28H26ClN5O5/c1-2-39-28(36)19-6-8-21(9-7-19)33-26(30-25-11-10-23(34(37)38)17-24(25)27(33)35)18-31-12-14-32(15-13-31)22-5-3-4-20(29)16-22/h3-11,16-17H,2,12-15,18H2,1H3. The van der Waals surface area contributed by atoms with Crippen LogP contribution in [0.3, 0.4) is 0 Å². The Hall–Kier alpha value is -4.28. The van der Waals surface area contributed by atoms with Crippen molar-refractivity contribution in [1.29, 1.82) is 0 Å². The summed E-state index contributed by atoms with van der Waals surface area (Å²) in [7, 11) is 0. The number of aromatic nitrogens is 2. The molecule has 0 bridgehead atoms. The Balaban J connectivity index is 1.49. The number of nitro benzene ring substituents is 1. The van der Waals surface area contributed by atoms with Crippen molar-refractivity contribution in [3.05, 3.63) is 104 Å². The van der Waals surface area contributed by atoms with Gasteiger partial charge in [0.2, 0.25) is 0 Å². The van der Waals surface area contributed by atoms with E-state index < -0.39 is 16.5 Å². The van der Waals surface area contributed by atoms with Crippen LogP contribution < -0.4 is 10.5 Å². The first-order chi connectivity index (χ1) is 18.8. The molecule has 0 aliphatic carbocycles. The van der Waals surface area contributed by atoms with E-state index in [4.69, 9.17) is 21.3 Å². The minimum atomic E-state index is -0.537. The minimum Gasteiger partial charge on any atom is -0.462 e. The summed E-state index contributed by atoms with van der Waals surface area (Å²) in [5.74, 6) is 0.0444. The predicted octanol–water partition coefficient (Wildman–Crippen LogP) is 4.45. The Bertz CT molecular complexity index is 1600. The van der Waals surface area contributed by atoms with Gasteiger partial charge in [0.1, 0.15) is 5.82 Å². The number of anilines is 1. The molecule has 4 aromatic rings. The number of benzene rings is 3. The van der Waals surface area contributed by atoms with Crippen molar-refractivity contribution < 1.29 is 14.5 Å². The first kappa shape index (κ1) is 26.3. The van der Waals surface area contributed by atoms with E-state index in [0.717, 1.165) is 31.9 Å². The van der Waals surface area contributed by atoms with Crippen LogP contribution in [-0.2, 0) is 11.3 Å². The molecule has 39 heavy (non-hydrogen) atoms. The van der Waals surface area contributed by atoms with Gasteiger partial charge in [-0.15, -0.1) is 0 Å². The van der Waals surface area contributed by atoms with Crippen LogP contribution in [0, 0.1) is 10.1 Å². The fraction of sp³-hybridized carbons (Fsp3) is 0.250. The molecule has 0 unspecified atom stereocenters. The number of halogens is 1. The first-order valence-electron chi connectivity index (χ1n) is 12.5. The third kappa shape index (κ3) is 5.62. The van der Waals surface area contributed by atoms with Crippen molar-refractivity contribution in [2.24, 2.45) is 0 Å². The molecule has 0 amide bonds. The van der Waals surface area contributed by atoms with Gasteiger partial charge in [0.25, 0.3) is 11.2 Å². The number of esters is 1. The Morgan fingerprint density at radius 2 is 1.77 bits per heavy atom. The van der Waals surface area contributed by atoms with Crippen LogP contribution in [0.1, 0.15) is 23.1 Å². The van der Waals surface area contributed by atoms with Gasteiger partial charge in [-0.05, 0) is 55.5 Å².